The molecule has 2 aromatic rings. The highest BCUT2D eigenvalue weighted by Gasteiger charge is 2.41. The third-order valence-electron chi connectivity index (χ3n) is 5.59. The molecule has 1 aromatic heterocycles. The lowest BCUT2D eigenvalue weighted by atomic mass is 9.89. The van der Waals surface area contributed by atoms with Crippen molar-refractivity contribution in [1.29, 1.82) is 0 Å². The Morgan fingerprint density at radius 1 is 1.21 bits per heavy atom. The van der Waals surface area contributed by atoms with Crippen molar-refractivity contribution in [3.05, 3.63) is 45.8 Å². The Bertz CT molecular complexity index is 1030. The lowest BCUT2D eigenvalue weighted by Crippen LogP contribution is -2.54. The number of benzene rings is 1. The van der Waals surface area contributed by atoms with E-state index in [-0.39, 0.29) is 40.2 Å². The fourth-order valence-corrected chi connectivity index (χ4v) is 4.81. The van der Waals surface area contributed by atoms with Gasteiger partial charge in [-0.3, -0.25) is 24.1 Å². The van der Waals surface area contributed by atoms with Crippen molar-refractivity contribution in [3.8, 4) is 0 Å². The fraction of sp³-hybridized carbons (Fsp3) is 0.429. The van der Waals surface area contributed by atoms with Gasteiger partial charge in [0.1, 0.15) is 5.58 Å². The molecule has 0 spiro atoms. The van der Waals surface area contributed by atoms with Crippen LogP contribution in [0.5, 0.6) is 0 Å². The molecule has 7 nitrogen and oxygen atoms in total. The molecular formula is C21H22N2O5S. The molecule has 3 amide bonds. The lowest BCUT2D eigenvalue weighted by Gasteiger charge is -2.36. The van der Waals surface area contributed by atoms with Gasteiger partial charge in [0.15, 0.2) is 11.2 Å². The van der Waals surface area contributed by atoms with Crippen LogP contribution in [0.1, 0.15) is 48.7 Å². The molecule has 2 unspecified atom stereocenters. The number of imide groups is 1. The molecule has 2 aliphatic rings. The molecule has 1 N–H and O–H groups in total. The largest absolute Gasteiger partial charge is 0.451 e. The highest BCUT2D eigenvalue weighted by atomic mass is 32.2. The summed E-state index contributed by atoms with van der Waals surface area (Å²) in [4.78, 5) is 50.9. The Morgan fingerprint density at radius 3 is 2.72 bits per heavy atom. The first kappa shape index (κ1) is 19.7. The minimum atomic E-state index is -0.507. The van der Waals surface area contributed by atoms with Crippen molar-refractivity contribution < 1.29 is 18.8 Å². The van der Waals surface area contributed by atoms with Crippen LogP contribution in [0.4, 0.5) is 4.79 Å². The highest BCUT2D eigenvalue weighted by molar-refractivity contribution is 8.14. The fourth-order valence-electron chi connectivity index (χ4n) is 4.05. The van der Waals surface area contributed by atoms with Gasteiger partial charge in [0.05, 0.1) is 23.2 Å². The second-order valence-electron chi connectivity index (χ2n) is 7.41. The Hall–Kier alpha value is -2.61. The zero-order valence-electron chi connectivity index (χ0n) is 16.1. The van der Waals surface area contributed by atoms with Gasteiger partial charge in [0.25, 0.3) is 11.1 Å². The number of hydrogen-bond acceptors (Lipinski definition) is 6. The Labute approximate surface area is 171 Å². The molecular weight excluding hydrogens is 392 g/mol. The zero-order chi connectivity index (χ0) is 20.5. The number of hydrogen-bond donors (Lipinski definition) is 1. The van der Waals surface area contributed by atoms with Crippen molar-refractivity contribution in [2.45, 2.75) is 51.1 Å². The Balaban J connectivity index is 1.58. The number of fused-ring (bicyclic) bond motifs is 1. The summed E-state index contributed by atoms with van der Waals surface area (Å²) < 4.78 is 5.68. The van der Waals surface area contributed by atoms with E-state index in [1.54, 1.807) is 12.1 Å². The van der Waals surface area contributed by atoms with Gasteiger partial charge in [-0.2, -0.15) is 0 Å². The van der Waals surface area contributed by atoms with Gasteiger partial charge in [0, 0.05) is 6.07 Å². The number of amides is 3. The maximum Gasteiger partial charge on any atom is 0.289 e. The molecule has 1 aliphatic carbocycles. The van der Waals surface area contributed by atoms with E-state index in [4.69, 9.17) is 4.42 Å². The van der Waals surface area contributed by atoms with E-state index in [2.05, 4.69) is 5.32 Å². The summed E-state index contributed by atoms with van der Waals surface area (Å²) in [6.45, 7) is 2.00. The van der Waals surface area contributed by atoms with E-state index in [0.29, 0.717) is 23.8 Å². The first-order valence-corrected chi connectivity index (χ1v) is 10.8. The average molecular weight is 414 g/mol. The van der Waals surface area contributed by atoms with Crippen LogP contribution in [0.3, 0.4) is 0 Å². The van der Waals surface area contributed by atoms with Crippen molar-refractivity contribution in [1.82, 2.24) is 10.2 Å². The summed E-state index contributed by atoms with van der Waals surface area (Å²) in [5, 5.41) is 3.08. The number of rotatable bonds is 4. The first-order chi connectivity index (χ1) is 14.0. The van der Waals surface area contributed by atoms with Gasteiger partial charge in [-0.25, -0.2) is 0 Å². The van der Waals surface area contributed by atoms with Crippen LogP contribution in [0.25, 0.3) is 11.0 Å². The summed E-state index contributed by atoms with van der Waals surface area (Å²) >= 11 is 0.996. The van der Waals surface area contributed by atoms with E-state index in [1.165, 1.54) is 11.0 Å². The van der Waals surface area contributed by atoms with E-state index in [9.17, 15) is 19.2 Å². The van der Waals surface area contributed by atoms with Gasteiger partial charge < -0.3 is 9.73 Å². The van der Waals surface area contributed by atoms with Crippen molar-refractivity contribution in [2.24, 2.45) is 0 Å². The normalized spacial score (nSPS) is 22.3. The van der Waals surface area contributed by atoms with Crippen LogP contribution < -0.4 is 10.7 Å². The minimum absolute atomic E-state index is 0.0653. The summed E-state index contributed by atoms with van der Waals surface area (Å²) in [6, 6.07) is 5.84. The van der Waals surface area contributed by atoms with Crippen LogP contribution >= 0.6 is 11.8 Å². The van der Waals surface area contributed by atoms with Gasteiger partial charge in [0.2, 0.25) is 5.91 Å². The number of carbonyl (C=O) groups excluding carboxylic acids is 3. The molecule has 1 aliphatic heterocycles. The molecule has 1 aromatic carbocycles. The second kappa shape index (κ2) is 8.02. The van der Waals surface area contributed by atoms with Crippen LogP contribution in [-0.2, 0) is 11.2 Å². The van der Waals surface area contributed by atoms with Gasteiger partial charge in [-0.1, -0.05) is 37.6 Å². The topological polar surface area (TPSA) is 96.7 Å². The molecule has 2 atom stereocenters. The monoisotopic (exact) mass is 414 g/mol. The molecule has 2 heterocycles. The van der Waals surface area contributed by atoms with Crippen LogP contribution in [0.2, 0.25) is 0 Å². The summed E-state index contributed by atoms with van der Waals surface area (Å²) in [5.74, 6) is -0.637. The third-order valence-corrected chi connectivity index (χ3v) is 6.42. The Kier molecular flexibility index (Phi) is 5.45. The predicted molar refractivity (Wildman–Crippen MR) is 110 cm³/mol. The molecule has 4 rings (SSSR count). The maximum absolute atomic E-state index is 12.8. The van der Waals surface area contributed by atoms with Gasteiger partial charge in [-0.15, -0.1) is 0 Å². The standard InChI is InChI=1S/C21H22N2O5S/c1-2-12-7-8-17-13(9-12)16(24)10-18(28-17)20(26)22-14-5-3-4-6-15(14)23-19(25)11-29-21(23)27/h7-10,14-15H,2-6,11H2,1H3,(H,22,26). The van der Waals surface area contributed by atoms with Gasteiger partial charge in [-0.05, 0) is 37.0 Å². The quantitative estimate of drug-likeness (QED) is 0.826. The van der Waals surface area contributed by atoms with E-state index >= 15 is 0 Å². The van der Waals surface area contributed by atoms with Crippen molar-refractivity contribution >= 4 is 39.8 Å². The van der Waals surface area contributed by atoms with E-state index < -0.39 is 5.91 Å². The van der Waals surface area contributed by atoms with Gasteiger partial charge >= 0.3 is 0 Å². The maximum atomic E-state index is 12.8. The summed E-state index contributed by atoms with van der Waals surface area (Å²) in [6.07, 6.45) is 3.91. The molecule has 0 radical (unpaired) electrons. The summed E-state index contributed by atoms with van der Waals surface area (Å²) in [7, 11) is 0. The highest BCUT2D eigenvalue weighted by Crippen LogP contribution is 2.30. The second-order valence-corrected chi connectivity index (χ2v) is 8.34. The lowest BCUT2D eigenvalue weighted by molar-refractivity contribution is -0.127. The molecule has 0 bridgehead atoms. The molecule has 1 saturated carbocycles. The van der Waals surface area contributed by atoms with Crippen LogP contribution in [0, 0.1) is 0 Å². The third kappa shape index (κ3) is 3.81. The van der Waals surface area contributed by atoms with Crippen LogP contribution in [0.15, 0.2) is 33.5 Å². The minimum Gasteiger partial charge on any atom is -0.451 e. The SMILES string of the molecule is CCc1ccc2oc(C(=O)NC3CCCCC3N3C(=O)CSC3=O)cc(=O)c2c1. The Morgan fingerprint density at radius 2 is 2.00 bits per heavy atom. The van der Waals surface area contributed by atoms with Crippen molar-refractivity contribution in [2.75, 3.05) is 5.75 Å². The predicted octanol–water partition coefficient (Wildman–Crippen LogP) is 3.09. The molecule has 152 valence electrons. The summed E-state index contributed by atoms with van der Waals surface area (Å²) in [5.41, 5.74) is 1.11. The van der Waals surface area contributed by atoms with E-state index in [1.807, 2.05) is 13.0 Å². The molecule has 1 saturated heterocycles. The number of thioether (sulfide) groups is 1. The molecule has 29 heavy (non-hydrogen) atoms. The molecule has 8 heteroatoms. The van der Waals surface area contributed by atoms with Crippen LogP contribution in [-0.4, -0.2) is 39.8 Å². The van der Waals surface area contributed by atoms with E-state index in [0.717, 1.165) is 36.6 Å². The zero-order valence-corrected chi connectivity index (χ0v) is 16.9. The number of nitrogens with zero attached hydrogens (tertiary/aromatic N) is 1. The number of nitrogens with one attached hydrogen (secondary N) is 1. The first-order valence-electron chi connectivity index (χ1n) is 9.84. The number of carbonyl (C=O) groups is 3. The number of aryl methyl sites for hydroxylation is 1. The average Bonchev–Trinajstić information content (AvgIpc) is 3.06. The smallest absolute Gasteiger partial charge is 0.289 e. The molecule has 2 fully saturated rings. The van der Waals surface area contributed by atoms with Crippen molar-refractivity contribution in [3.63, 3.8) is 0 Å².